The number of hydrogen-bond acceptors (Lipinski definition) is 5. The standard InChI is InChI=1S/C19H22ClN5O/c1-2-24-9-3-5-14(12-24)21-18-16-6-4-10-25(16)19(23-22-18)15-8-7-13(20)11-17(15)26/h4,6-8,10-11,14,26H,2-3,5,9,12H2,1H3,(H,21,22)/t14-/m1/s1. The summed E-state index contributed by atoms with van der Waals surface area (Å²) in [6.45, 7) is 5.44. The minimum Gasteiger partial charge on any atom is -0.507 e. The van der Waals surface area contributed by atoms with Gasteiger partial charge in [0.1, 0.15) is 5.75 Å². The summed E-state index contributed by atoms with van der Waals surface area (Å²) in [6.07, 6.45) is 4.25. The second-order valence-corrected chi connectivity index (χ2v) is 7.11. The molecule has 1 aliphatic rings. The van der Waals surface area contributed by atoms with Crippen LogP contribution in [0.4, 0.5) is 5.82 Å². The van der Waals surface area contributed by atoms with Crippen LogP contribution >= 0.6 is 11.6 Å². The van der Waals surface area contributed by atoms with E-state index >= 15 is 0 Å². The fourth-order valence-corrected chi connectivity index (χ4v) is 3.76. The predicted molar refractivity (Wildman–Crippen MR) is 104 cm³/mol. The number of nitrogens with one attached hydrogen (secondary N) is 1. The molecular weight excluding hydrogens is 350 g/mol. The van der Waals surface area contributed by atoms with Crippen LogP contribution < -0.4 is 5.32 Å². The van der Waals surface area contributed by atoms with E-state index in [0.717, 1.165) is 37.4 Å². The van der Waals surface area contributed by atoms with Gasteiger partial charge in [-0.2, -0.15) is 0 Å². The second-order valence-electron chi connectivity index (χ2n) is 6.67. The highest BCUT2D eigenvalue weighted by Crippen LogP contribution is 2.31. The van der Waals surface area contributed by atoms with Crippen molar-refractivity contribution < 1.29 is 5.11 Å². The maximum absolute atomic E-state index is 10.2. The number of aromatic nitrogens is 3. The van der Waals surface area contributed by atoms with Gasteiger partial charge < -0.3 is 15.3 Å². The molecule has 2 aromatic heterocycles. The zero-order valence-electron chi connectivity index (χ0n) is 14.7. The number of phenols is 1. The Morgan fingerprint density at radius 3 is 3.00 bits per heavy atom. The summed E-state index contributed by atoms with van der Waals surface area (Å²) >= 11 is 5.94. The van der Waals surface area contributed by atoms with Crippen molar-refractivity contribution in [2.45, 2.75) is 25.8 Å². The number of phenolic OH excluding ortho intramolecular Hbond substituents is 1. The molecule has 0 saturated carbocycles. The molecule has 1 aliphatic heterocycles. The lowest BCUT2D eigenvalue weighted by Crippen LogP contribution is -2.42. The van der Waals surface area contributed by atoms with E-state index in [1.54, 1.807) is 12.1 Å². The maximum Gasteiger partial charge on any atom is 0.173 e. The van der Waals surface area contributed by atoms with Crippen LogP contribution in [0.2, 0.25) is 5.02 Å². The summed E-state index contributed by atoms with van der Waals surface area (Å²) in [6, 6.07) is 9.34. The molecule has 0 bridgehead atoms. The molecule has 0 unspecified atom stereocenters. The van der Waals surface area contributed by atoms with E-state index in [1.807, 2.05) is 22.7 Å². The van der Waals surface area contributed by atoms with Crippen molar-refractivity contribution in [3.63, 3.8) is 0 Å². The number of fused-ring (bicyclic) bond motifs is 1. The summed E-state index contributed by atoms with van der Waals surface area (Å²) in [7, 11) is 0. The van der Waals surface area contributed by atoms with Crippen molar-refractivity contribution in [1.29, 1.82) is 0 Å². The number of likely N-dealkylation sites (N-methyl/N-ethyl adjacent to an activating group) is 1. The number of halogens is 1. The molecule has 3 heterocycles. The smallest absolute Gasteiger partial charge is 0.173 e. The van der Waals surface area contributed by atoms with Crippen LogP contribution in [0.25, 0.3) is 16.9 Å². The molecule has 6 nitrogen and oxygen atoms in total. The molecule has 0 radical (unpaired) electrons. The van der Waals surface area contributed by atoms with Crippen LogP contribution in [0.3, 0.4) is 0 Å². The molecule has 1 atom stereocenters. The number of hydrogen-bond donors (Lipinski definition) is 2. The van der Waals surface area contributed by atoms with E-state index in [-0.39, 0.29) is 5.75 Å². The summed E-state index contributed by atoms with van der Waals surface area (Å²) in [5.41, 5.74) is 1.54. The molecule has 0 aliphatic carbocycles. The molecule has 2 N–H and O–H groups in total. The average molecular weight is 372 g/mol. The molecule has 3 aromatic rings. The van der Waals surface area contributed by atoms with E-state index < -0.39 is 0 Å². The van der Waals surface area contributed by atoms with Gasteiger partial charge in [0, 0.05) is 23.8 Å². The second kappa shape index (κ2) is 7.13. The van der Waals surface area contributed by atoms with Crippen LogP contribution in [-0.4, -0.2) is 50.3 Å². The van der Waals surface area contributed by atoms with Gasteiger partial charge in [-0.25, -0.2) is 0 Å². The zero-order chi connectivity index (χ0) is 18.1. The maximum atomic E-state index is 10.2. The quantitative estimate of drug-likeness (QED) is 0.732. The first-order chi connectivity index (χ1) is 12.7. The van der Waals surface area contributed by atoms with Gasteiger partial charge in [-0.15, -0.1) is 10.2 Å². The van der Waals surface area contributed by atoms with Crippen LogP contribution in [-0.2, 0) is 0 Å². The summed E-state index contributed by atoms with van der Waals surface area (Å²) in [5, 5.41) is 23.1. The summed E-state index contributed by atoms with van der Waals surface area (Å²) in [5.74, 6) is 1.45. The van der Waals surface area contributed by atoms with Crippen LogP contribution in [0.15, 0.2) is 36.5 Å². The Balaban J connectivity index is 1.68. The highest BCUT2D eigenvalue weighted by Gasteiger charge is 2.21. The highest BCUT2D eigenvalue weighted by molar-refractivity contribution is 6.30. The minimum atomic E-state index is 0.0911. The van der Waals surface area contributed by atoms with Crippen molar-refractivity contribution in [2.24, 2.45) is 0 Å². The van der Waals surface area contributed by atoms with Gasteiger partial charge >= 0.3 is 0 Å². The third kappa shape index (κ3) is 3.22. The van der Waals surface area contributed by atoms with Gasteiger partial charge in [-0.05, 0) is 56.3 Å². The molecule has 1 fully saturated rings. The molecule has 0 spiro atoms. The van der Waals surface area contributed by atoms with Crippen molar-refractivity contribution in [1.82, 2.24) is 19.5 Å². The number of aromatic hydroxyl groups is 1. The van der Waals surface area contributed by atoms with E-state index in [9.17, 15) is 5.11 Å². The number of likely N-dealkylation sites (tertiary alicyclic amines) is 1. The SMILES string of the molecule is CCN1CCC[C@@H](Nc2nnc(-c3ccc(Cl)cc3O)n3cccc23)C1. The van der Waals surface area contributed by atoms with Crippen LogP contribution in [0, 0.1) is 0 Å². The van der Waals surface area contributed by atoms with E-state index in [0.29, 0.717) is 22.5 Å². The van der Waals surface area contributed by atoms with Crippen LogP contribution in [0.1, 0.15) is 19.8 Å². The lowest BCUT2D eigenvalue weighted by Gasteiger charge is -2.32. The molecule has 26 heavy (non-hydrogen) atoms. The molecule has 4 rings (SSSR count). The first-order valence-electron chi connectivity index (χ1n) is 8.97. The Morgan fingerprint density at radius 1 is 1.31 bits per heavy atom. The third-order valence-electron chi connectivity index (χ3n) is 4.96. The molecule has 0 amide bonds. The Bertz CT molecular complexity index is 925. The molecule has 136 valence electrons. The third-order valence-corrected chi connectivity index (χ3v) is 5.19. The lowest BCUT2D eigenvalue weighted by molar-refractivity contribution is 0.226. The van der Waals surface area contributed by atoms with Crippen molar-refractivity contribution >= 4 is 22.9 Å². The Kier molecular flexibility index (Phi) is 4.70. The van der Waals surface area contributed by atoms with Gasteiger partial charge in [0.2, 0.25) is 0 Å². The van der Waals surface area contributed by atoms with Gasteiger partial charge in [-0.1, -0.05) is 18.5 Å². The Morgan fingerprint density at radius 2 is 2.19 bits per heavy atom. The zero-order valence-corrected chi connectivity index (χ0v) is 15.4. The first kappa shape index (κ1) is 17.1. The first-order valence-corrected chi connectivity index (χ1v) is 9.35. The number of nitrogens with zero attached hydrogens (tertiary/aromatic N) is 4. The predicted octanol–water partition coefficient (Wildman–Crippen LogP) is 3.65. The van der Waals surface area contributed by atoms with Gasteiger partial charge in [0.15, 0.2) is 11.6 Å². The number of rotatable bonds is 4. The Hall–Kier alpha value is -2.31. The molecular formula is C19H22ClN5O. The minimum absolute atomic E-state index is 0.0911. The summed E-state index contributed by atoms with van der Waals surface area (Å²) < 4.78 is 1.94. The van der Waals surface area contributed by atoms with Crippen LogP contribution in [0.5, 0.6) is 5.75 Å². The normalized spacial score (nSPS) is 18.3. The Labute approximate surface area is 157 Å². The molecule has 1 saturated heterocycles. The number of benzene rings is 1. The van der Waals surface area contributed by atoms with Crippen molar-refractivity contribution in [3.8, 4) is 17.1 Å². The lowest BCUT2D eigenvalue weighted by atomic mass is 10.1. The number of anilines is 1. The van der Waals surface area contributed by atoms with Gasteiger partial charge in [0.25, 0.3) is 0 Å². The van der Waals surface area contributed by atoms with E-state index in [1.165, 1.54) is 12.5 Å². The fourth-order valence-electron chi connectivity index (χ4n) is 3.59. The van der Waals surface area contributed by atoms with Gasteiger partial charge in [0.05, 0.1) is 11.1 Å². The molecule has 7 heteroatoms. The number of piperidine rings is 1. The van der Waals surface area contributed by atoms with Crippen molar-refractivity contribution in [3.05, 3.63) is 41.6 Å². The average Bonchev–Trinajstić information content (AvgIpc) is 3.13. The van der Waals surface area contributed by atoms with Gasteiger partial charge in [-0.3, -0.25) is 4.40 Å². The molecule has 1 aromatic carbocycles. The van der Waals surface area contributed by atoms with Crippen molar-refractivity contribution in [2.75, 3.05) is 25.0 Å². The monoisotopic (exact) mass is 371 g/mol. The topological polar surface area (TPSA) is 65.7 Å². The fraction of sp³-hybridized carbons (Fsp3) is 0.368. The highest BCUT2D eigenvalue weighted by atomic mass is 35.5. The van der Waals surface area contributed by atoms with E-state index in [2.05, 4.69) is 27.3 Å². The summed E-state index contributed by atoms with van der Waals surface area (Å²) in [4.78, 5) is 2.45. The largest absolute Gasteiger partial charge is 0.507 e. The van der Waals surface area contributed by atoms with E-state index in [4.69, 9.17) is 11.6 Å².